The first-order valence-corrected chi connectivity index (χ1v) is 10.6. The molecule has 2 fully saturated rings. The van der Waals surface area contributed by atoms with Crippen LogP contribution in [0.4, 0.5) is 0 Å². The van der Waals surface area contributed by atoms with Crippen molar-refractivity contribution in [3.8, 4) is 5.88 Å². The predicted molar refractivity (Wildman–Crippen MR) is 111 cm³/mol. The van der Waals surface area contributed by atoms with Crippen LogP contribution >= 0.6 is 0 Å². The highest BCUT2D eigenvalue weighted by molar-refractivity contribution is 6.04. The Labute approximate surface area is 180 Å². The van der Waals surface area contributed by atoms with Gasteiger partial charge in [0.05, 0.1) is 13.7 Å². The van der Waals surface area contributed by atoms with Gasteiger partial charge in [-0.25, -0.2) is 9.99 Å². The maximum absolute atomic E-state index is 12.9. The smallest absolute Gasteiger partial charge is 0.273 e. The van der Waals surface area contributed by atoms with Gasteiger partial charge in [-0.05, 0) is 36.1 Å². The number of amides is 3. The Morgan fingerprint density at radius 3 is 2.68 bits per heavy atom. The van der Waals surface area contributed by atoms with Gasteiger partial charge in [-0.3, -0.25) is 14.4 Å². The lowest BCUT2D eigenvalue weighted by Gasteiger charge is -2.32. The lowest BCUT2D eigenvalue weighted by atomic mass is 9.95. The molecule has 0 saturated carbocycles. The standard InChI is InChI=1S/C23H24N4O4/c1-31-20-5-2-4-18(25-20)15-11-19(24-12-15)14-8-9-17-16(10-14)13-26(23(17)30)27-21(28)6-3-7-22(27)29/h2,4-5,8-10,15,19,24H,3,6-7,11-13H2,1H3. The van der Waals surface area contributed by atoms with Gasteiger partial charge in [0.25, 0.3) is 5.91 Å². The Bertz CT molecular complexity index is 1050. The molecule has 8 nitrogen and oxygen atoms in total. The molecule has 0 bridgehead atoms. The summed E-state index contributed by atoms with van der Waals surface area (Å²) in [5, 5.41) is 5.89. The van der Waals surface area contributed by atoms with Gasteiger partial charge >= 0.3 is 0 Å². The van der Waals surface area contributed by atoms with Crippen LogP contribution in [-0.4, -0.2) is 46.4 Å². The molecule has 2 aromatic rings. The number of nitrogens with zero attached hydrogens (tertiary/aromatic N) is 3. The number of hydrogen-bond donors (Lipinski definition) is 1. The fraction of sp³-hybridized carbons (Fsp3) is 0.391. The van der Waals surface area contributed by atoms with E-state index in [0.29, 0.717) is 30.7 Å². The van der Waals surface area contributed by atoms with Crippen molar-refractivity contribution in [2.75, 3.05) is 13.7 Å². The lowest BCUT2D eigenvalue weighted by molar-refractivity contribution is -0.163. The van der Waals surface area contributed by atoms with Crippen LogP contribution in [0.1, 0.15) is 64.8 Å². The normalized spacial score (nSPS) is 23.5. The molecule has 31 heavy (non-hydrogen) atoms. The SMILES string of the molecule is COc1cccc(C2CNC(c3ccc4c(c3)CN(N3C(=O)CCCC3=O)C4=O)C2)n1. The van der Waals surface area contributed by atoms with Crippen molar-refractivity contribution in [1.82, 2.24) is 20.3 Å². The van der Waals surface area contributed by atoms with Crippen LogP contribution in [0.5, 0.6) is 5.88 Å². The summed E-state index contributed by atoms with van der Waals surface area (Å²) < 4.78 is 5.24. The minimum absolute atomic E-state index is 0.144. The number of fused-ring (bicyclic) bond motifs is 1. The van der Waals surface area contributed by atoms with Crippen molar-refractivity contribution in [1.29, 1.82) is 0 Å². The molecule has 1 N–H and O–H groups in total. The van der Waals surface area contributed by atoms with Gasteiger partial charge in [-0.2, -0.15) is 5.01 Å². The summed E-state index contributed by atoms with van der Waals surface area (Å²) in [7, 11) is 1.61. The Hall–Kier alpha value is -3.26. The number of pyridine rings is 1. The summed E-state index contributed by atoms with van der Waals surface area (Å²) in [6.45, 7) is 1.05. The van der Waals surface area contributed by atoms with Crippen LogP contribution in [0, 0.1) is 0 Å². The van der Waals surface area contributed by atoms with Gasteiger partial charge in [-0.15, -0.1) is 0 Å². The van der Waals surface area contributed by atoms with Gasteiger partial charge in [0.1, 0.15) is 0 Å². The lowest BCUT2D eigenvalue weighted by Crippen LogP contribution is -2.51. The number of hydrogen-bond acceptors (Lipinski definition) is 6. The average Bonchev–Trinajstić information content (AvgIpc) is 3.39. The largest absolute Gasteiger partial charge is 0.481 e. The molecule has 4 heterocycles. The quantitative estimate of drug-likeness (QED) is 0.764. The van der Waals surface area contributed by atoms with E-state index < -0.39 is 0 Å². The van der Waals surface area contributed by atoms with Crippen LogP contribution in [0.2, 0.25) is 0 Å². The molecule has 3 aliphatic heterocycles. The molecular weight excluding hydrogens is 396 g/mol. The zero-order valence-corrected chi connectivity index (χ0v) is 17.3. The van der Waals surface area contributed by atoms with Crippen LogP contribution in [0.25, 0.3) is 0 Å². The molecule has 160 valence electrons. The number of nitrogens with one attached hydrogen (secondary N) is 1. The fourth-order valence-corrected chi connectivity index (χ4v) is 4.70. The topological polar surface area (TPSA) is 91.8 Å². The summed E-state index contributed by atoms with van der Waals surface area (Å²) in [6, 6.07) is 11.7. The molecule has 3 aliphatic rings. The zero-order chi connectivity index (χ0) is 21.5. The first kappa shape index (κ1) is 19.7. The predicted octanol–water partition coefficient (Wildman–Crippen LogP) is 2.32. The highest BCUT2D eigenvalue weighted by Gasteiger charge is 2.39. The molecule has 3 amide bonds. The van der Waals surface area contributed by atoms with Gasteiger partial charge in [-0.1, -0.05) is 18.2 Å². The second-order valence-electron chi connectivity index (χ2n) is 8.23. The third-order valence-electron chi connectivity index (χ3n) is 6.32. The van der Waals surface area contributed by atoms with Crippen LogP contribution in [-0.2, 0) is 16.1 Å². The maximum atomic E-state index is 12.9. The summed E-state index contributed by atoms with van der Waals surface area (Å²) in [6.07, 6.45) is 2.02. The first-order chi connectivity index (χ1) is 15.0. The Morgan fingerprint density at radius 1 is 1.10 bits per heavy atom. The van der Waals surface area contributed by atoms with E-state index in [1.807, 2.05) is 36.4 Å². The number of benzene rings is 1. The molecular formula is C23H24N4O4. The third kappa shape index (κ3) is 3.46. The van der Waals surface area contributed by atoms with Crippen molar-refractivity contribution >= 4 is 17.7 Å². The zero-order valence-electron chi connectivity index (χ0n) is 17.3. The van der Waals surface area contributed by atoms with E-state index in [9.17, 15) is 14.4 Å². The number of ether oxygens (including phenoxy) is 1. The van der Waals surface area contributed by atoms with Crippen LogP contribution in [0.3, 0.4) is 0 Å². The van der Waals surface area contributed by atoms with Crippen molar-refractivity contribution in [2.45, 2.75) is 44.2 Å². The third-order valence-corrected chi connectivity index (χ3v) is 6.32. The van der Waals surface area contributed by atoms with Crippen molar-refractivity contribution in [2.24, 2.45) is 0 Å². The number of methoxy groups -OCH3 is 1. The molecule has 2 atom stereocenters. The average molecular weight is 420 g/mol. The van der Waals surface area contributed by atoms with Crippen molar-refractivity contribution in [3.05, 3.63) is 58.8 Å². The second kappa shape index (κ2) is 7.77. The maximum Gasteiger partial charge on any atom is 0.273 e. The number of carbonyl (C=O) groups excluding carboxylic acids is 3. The van der Waals surface area contributed by atoms with Crippen LogP contribution in [0.15, 0.2) is 36.4 Å². The second-order valence-corrected chi connectivity index (χ2v) is 8.23. The monoisotopic (exact) mass is 420 g/mol. The highest BCUT2D eigenvalue weighted by atomic mass is 16.5. The number of imide groups is 1. The van der Waals surface area contributed by atoms with E-state index in [-0.39, 0.29) is 36.2 Å². The van der Waals surface area contributed by atoms with E-state index >= 15 is 0 Å². The summed E-state index contributed by atoms with van der Waals surface area (Å²) in [4.78, 5) is 42.0. The number of piperidine rings is 1. The molecule has 5 rings (SSSR count). The number of hydrazine groups is 1. The Kier molecular flexibility index (Phi) is 4.94. The number of carbonyl (C=O) groups is 3. The minimum atomic E-state index is -0.302. The molecule has 2 saturated heterocycles. The van der Waals surface area contributed by atoms with Crippen LogP contribution < -0.4 is 10.1 Å². The highest BCUT2D eigenvalue weighted by Crippen LogP contribution is 2.36. The summed E-state index contributed by atoms with van der Waals surface area (Å²) in [5.41, 5.74) is 3.49. The van der Waals surface area contributed by atoms with E-state index in [4.69, 9.17) is 4.74 Å². The molecule has 2 unspecified atom stereocenters. The van der Waals surface area contributed by atoms with E-state index in [1.54, 1.807) is 7.11 Å². The van der Waals surface area contributed by atoms with Gasteiger partial charge in [0.2, 0.25) is 17.7 Å². The molecule has 0 aliphatic carbocycles. The molecule has 1 aromatic carbocycles. The summed E-state index contributed by atoms with van der Waals surface area (Å²) >= 11 is 0. The number of aromatic nitrogens is 1. The van der Waals surface area contributed by atoms with Crippen molar-refractivity contribution < 1.29 is 19.1 Å². The molecule has 1 aromatic heterocycles. The van der Waals surface area contributed by atoms with E-state index in [2.05, 4.69) is 10.3 Å². The van der Waals surface area contributed by atoms with Gasteiger partial charge < -0.3 is 10.1 Å². The van der Waals surface area contributed by atoms with Crippen molar-refractivity contribution in [3.63, 3.8) is 0 Å². The molecule has 0 radical (unpaired) electrons. The van der Waals surface area contributed by atoms with E-state index in [1.165, 1.54) is 5.01 Å². The fourth-order valence-electron chi connectivity index (χ4n) is 4.70. The number of rotatable bonds is 4. The van der Waals surface area contributed by atoms with Gasteiger partial charge in [0, 0.05) is 48.7 Å². The Balaban J connectivity index is 1.34. The minimum Gasteiger partial charge on any atom is -0.481 e. The molecule has 8 heteroatoms. The van der Waals surface area contributed by atoms with Gasteiger partial charge in [0.15, 0.2) is 0 Å². The van der Waals surface area contributed by atoms with E-state index in [0.717, 1.165) is 34.8 Å². The first-order valence-electron chi connectivity index (χ1n) is 10.6. The Morgan fingerprint density at radius 2 is 1.90 bits per heavy atom. The molecule has 0 spiro atoms. The summed E-state index contributed by atoms with van der Waals surface area (Å²) in [5.74, 6) is -0.00982.